The molecule has 1 aromatic carbocycles. The van der Waals surface area contributed by atoms with Gasteiger partial charge < -0.3 is 15.3 Å². The average molecular weight is 276 g/mol. The molecule has 2 amide bonds. The Morgan fingerprint density at radius 2 is 2.05 bits per heavy atom. The second kappa shape index (κ2) is 6.07. The Morgan fingerprint density at radius 3 is 2.58 bits per heavy atom. The first-order chi connectivity index (χ1) is 8.82. The molecule has 0 bridgehead atoms. The third kappa shape index (κ3) is 3.87. The third-order valence-corrected chi connectivity index (χ3v) is 2.23. The molecule has 1 aromatic rings. The number of amides is 2. The fourth-order valence-corrected chi connectivity index (χ4v) is 1.35. The van der Waals surface area contributed by atoms with Gasteiger partial charge in [0.05, 0.1) is 12.2 Å². The molecule has 0 heterocycles. The molecule has 19 heavy (non-hydrogen) atoms. The van der Waals surface area contributed by atoms with Gasteiger partial charge >= 0.3 is 12.0 Å². The number of aromatic carboxylic acids is 1. The number of carbonyl (C=O) groups excluding carboxylic acids is 1. The van der Waals surface area contributed by atoms with E-state index in [1.165, 1.54) is 12.1 Å². The highest BCUT2D eigenvalue weighted by molar-refractivity contribution is 6.00. The predicted octanol–water partition coefficient (Wildman–Crippen LogP) is 2.25. The lowest BCUT2D eigenvalue weighted by atomic mass is 10.1. The molecule has 0 aliphatic heterocycles. The molecule has 0 fully saturated rings. The van der Waals surface area contributed by atoms with Gasteiger partial charge in [0, 0.05) is 7.05 Å². The number of carboxylic acid groups (broad SMARTS) is 1. The van der Waals surface area contributed by atoms with Gasteiger partial charge in [0.2, 0.25) is 0 Å². The van der Waals surface area contributed by atoms with Crippen molar-refractivity contribution in [1.29, 1.82) is 0 Å². The zero-order valence-corrected chi connectivity index (χ0v) is 9.86. The lowest BCUT2D eigenvalue weighted by Crippen LogP contribution is -2.35. The van der Waals surface area contributed by atoms with Crippen molar-refractivity contribution in [2.24, 2.45) is 0 Å². The van der Waals surface area contributed by atoms with Crippen LogP contribution in [0.1, 0.15) is 10.4 Å². The van der Waals surface area contributed by atoms with Crippen LogP contribution < -0.4 is 5.32 Å². The molecule has 0 atom stereocenters. The second-order valence-corrected chi connectivity index (χ2v) is 3.67. The Balaban J connectivity index is 2.91. The van der Waals surface area contributed by atoms with Crippen LogP contribution in [0.15, 0.2) is 18.2 Å². The van der Waals surface area contributed by atoms with Crippen molar-refractivity contribution in [1.82, 2.24) is 4.90 Å². The summed E-state index contributed by atoms with van der Waals surface area (Å²) in [6, 6.07) is 2.33. The number of nitrogens with one attached hydrogen (secondary N) is 1. The van der Waals surface area contributed by atoms with Crippen molar-refractivity contribution >= 4 is 17.7 Å². The van der Waals surface area contributed by atoms with E-state index >= 15 is 0 Å². The number of carbonyl (C=O) groups is 2. The number of hydrogen-bond acceptors (Lipinski definition) is 2. The minimum absolute atomic E-state index is 0.293. The molecule has 0 saturated heterocycles. The Labute approximate surface area is 106 Å². The van der Waals surface area contributed by atoms with Crippen LogP contribution in [0.25, 0.3) is 0 Å². The summed E-state index contributed by atoms with van der Waals surface area (Å²) in [5, 5.41) is 10.9. The van der Waals surface area contributed by atoms with Crippen LogP contribution >= 0.6 is 0 Å². The number of carboxylic acids is 1. The van der Waals surface area contributed by atoms with Gasteiger partial charge in [-0.15, -0.1) is 0 Å². The molecular formula is C11H11F3N2O3. The molecule has 0 aliphatic rings. The van der Waals surface area contributed by atoms with E-state index in [0.717, 1.165) is 13.1 Å². The maximum Gasteiger partial charge on any atom is 0.340 e. The Morgan fingerprint density at radius 1 is 1.42 bits per heavy atom. The zero-order chi connectivity index (χ0) is 14.6. The van der Waals surface area contributed by atoms with Crippen molar-refractivity contribution < 1.29 is 27.9 Å². The molecule has 5 nitrogen and oxygen atoms in total. The van der Waals surface area contributed by atoms with Crippen LogP contribution in [0.3, 0.4) is 0 Å². The summed E-state index contributed by atoms with van der Waals surface area (Å²) in [6.45, 7) is -0.816. The van der Waals surface area contributed by atoms with Crippen LogP contribution in [0.2, 0.25) is 0 Å². The standard InChI is InChI=1S/C11H11F3N2O3/c1-16(5-8(13)14)11(19)15-7-4-2-3-6(12)9(7)10(17)18/h2-4,8H,5H2,1H3,(H,15,19)(H,17,18). The molecule has 0 spiro atoms. The van der Waals surface area contributed by atoms with E-state index in [4.69, 9.17) is 5.11 Å². The molecule has 8 heteroatoms. The number of alkyl halides is 2. The van der Waals surface area contributed by atoms with Crippen LogP contribution in [-0.4, -0.2) is 42.0 Å². The quantitative estimate of drug-likeness (QED) is 0.886. The molecule has 0 aromatic heterocycles. The van der Waals surface area contributed by atoms with Gasteiger partial charge in [-0.2, -0.15) is 0 Å². The molecule has 0 saturated carbocycles. The SMILES string of the molecule is CN(CC(F)F)C(=O)Nc1cccc(F)c1C(=O)O. The van der Waals surface area contributed by atoms with E-state index in [9.17, 15) is 22.8 Å². The van der Waals surface area contributed by atoms with Gasteiger partial charge in [0.15, 0.2) is 0 Å². The van der Waals surface area contributed by atoms with Crippen LogP contribution in [0, 0.1) is 5.82 Å². The van der Waals surface area contributed by atoms with Crippen molar-refractivity contribution in [3.05, 3.63) is 29.6 Å². The predicted molar refractivity (Wildman–Crippen MR) is 61.0 cm³/mol. The Kier molecular flexibility index (Phi) is 4.74. The molecule has 1 rings (SSSR count). The van der Waals surface area contributed by atoms with E-state index in [1.54, 1.807) is 0 Å². The van der Waals surface area contributed by atoms with Crippen molar-refractivity contribution in [3.63, 3.8) is 0 Å². The molecule has 0 radical (unpaired) electrons. The van der Waals surface area contributed by atoms with E-state index in [1.807, 2.05) is 0 Å². The fraction of sp³-hybridized carbons (Fsp3) is 0.273. The van der Waals surface area contributed by atoms with Gasteiger partial charge in [-0.1, -0.05) is 6.07 Å². The molecule has 2 N–H and O–H groups in total. The molecule has 0 aliphatic carbocycles. The number of anilines is 1. The number of urea groups is 1. The van der Waals surface area contributed by atoms with Gasteiger partial charge in [-0.25, -0.2) is 22.8 Å². The maximum atomic E-state index is 13.3. The maximum absolute atomic E-state index is 13.3. The average Bonchev–Trinajstić information content (AvgIpc) is 2.27. The number of hydrogen-bond donors (Lipinski definition) is 2. The smallest absolute Gasteiger partial charge is 0.340 e. The molecule has 0 unspecified atom stereocenters. The first kappa shape index (κ1) is 14.8. The first-order valence-electron chi connectivity index (χ1n) is 5.15. The second-order valence-electron chi connectivity index (χ2n) is 3.67. The minimum atomic E-state index is -2.72. The number of rotatable bonds is 4. The summed E-state index contributed by atoms with van der Waals surface area (Å²) in [6.07, 6.45) is -2.72. The monoisotopic (exact) mass is 276 g/mol. The van der Waals surface area contributed by atoms with Gasteiger partial charge in [-0.3, -0.25) is 0 Å². The number of benzene rings is 1. The van der Waals surface area contributed by atoms with Gasteiger partial charge in [-0.05, 0) is 12.1 Å². The molecular weight excluding hydrogens is 265 g/mol. The summed E-state index contributed by atoms with van der Waals surface area (Å²) in [5.74, 6) is -2.59. The number of halogens is 3. The summed E-state index contributed by atoms with van der Waals surface area (Å²) in [7, 11) is 1.11. The van der Waals surface area contributed by atoms with Gasteiger partial charge in [0.1, 0.15) is 11.4 Å². The topological polar surface area (TPSA) is 69.6 Å². The summed E-state index contributed by atoms with van der Waals surface area (Å²) >= 11 is 0. The third-order valence-electron chi connectivity index (χ3n) is 2.23. The highest BCUT2D eigenvalue weighted by Crippen LogP contribution is 2.19. The molecule has 104 valence electrons. The lowest BCUT2D eigenvalue weighted by Gasteiger charge is -2.18. The normalized spacial score (nSPS) is 10.4. The van der Waals surface area contributed by atoms with Crippen molar-refractivity contribution in [2.75, 3.05) is 18.9 Å². The highest BCUT2D eigenvalue weighted by Gasteiger charge is 2.19. The van der Waals surface area contributed by atoms with E-state index < -0.39 is 36.4 Å². The Bertz CT molecular complexity index is 494. The fourth-order valence-electron chi connectivity index (χ4n) is 1.35. The summed E-state index contributed by atoms with van der Waals surface area (Å²) in [4.78, 5) is 23.0. The van der Waals surface area contributed by atoms with Crippen LogP contribution in [-0.2, 0) is 0 Å². The van der Waals surface area contributed by atoms with E-state index in [-0.39, 0.29) is 5.69 Å². The zero-order valence-electron chi connectivity index (χ0n) is 9.86. The van der Waals surface area contributed by atoms with Crippen LogP contribution in [0.5, 0.6) is 0 Å². The van der Waals surface area contributed by atoms with Crippen molar-refractivity contribution in [3.8, 4) is 0 Å². The number of nitrogens with zero attached hydrogens (tertiary/aromatic N) is 1. The summed E-state index contributed by atoms with van der Waals surface area (Å²) < 4.78 is 37.5. The largest absolute Gasteiger partial charge is 0.478 e. The lowest BCUT2D eigenvalue weighted by molar-refractivity contribution is 0.0693. The van der Waals surface area contributed by atoms with Crippen molar-refractivity contribution in [2.45, 2.75) is 6.43 Å². The van der Waals surface area contributed by atoms with Crippen LogP contribution in [0.4, 0.5) is 23.7 Å². The highest BCUT2D eigenvalue weighted by atomic mass is 19.3. The summed E-state index contributed by atoms with van der Waals surface area (Å²) in [5.41, 5.74) is -1.01. The van der Waals surface area contributed by atoms with Gasteiger partial charge in [0.25, 0.3) is 6.43 Å². The minimum Gasteiger partial charge on any atom is -0.478 e. The Hall–Kier alpha value is -2.25. The van der Waals surface area contributed by atoms with E-state index in [2.05, 4.69) is 5.32 Å². The first-order valence-corrected chi connectivity index (χ1v) is 5.15. The van der Waals surface area contributed by atoms with E-state index in [0.29, 0.717) is 4.90 Å².